The Labute approximate surface area is 343 Å². The number of amides is 1. The number of rotatable bonds is 33. The Hall–Kier alpha value is -5.01. The number of aryl methyl sites for hydroxylation is 1. The van der Waals surface area contributed by atoms with Gasteiger partial charge in [-0.3, -0.25) is 19.1 Å². The zero-order valence-corrected chi connectivity index (χ0v) is 33.9. The van der Waals surface area contributed by atoms with Gasteiger partial charge < -0.3 is 39.2 Å². The summed E-state index contributed by atoms with van der Waals surface area (Å²) in [6.07, 6.45) is 9.08. The van der Waals surface area contributed by atoms with Gasteiger partial charge in [0.05, 0.1) is 43.5 Å². The highest BCUT2D eigenvalue weighted by atomic mass is 32.2. The number of benzene rings is 2. The predicted molar refractivity (Wildman–Crippen MR) is 214 cm³/mol. The van der Waals surface area contributed by atoms with Gasteiger partial charge in [0.15, 0.2) is 5.78 Å². The van der Waals surface area contributed by atoms with Gasteiger partial charge in [0.1, 0.15) is 36.3 Å². The van der Waals surface area contributed by atoms with Crippen LogP contribution in [0, 0.1) is 5.82 Å². The average molecular weight is 848 g/mol. The summed E-state index contributed by atoms with van der Waals surface area (Å²) in [5.74, 6) is -1.88. The van der Waals surface area contributed by atoms with Gasteiger partial charge in [0.25, 0.3) is 15.9 Å². The lowest BCUT2D eigenvalue weighted by molar-refractivity contribution is -0.143. The number of Topliss-reactive ketones (excluding diaryl/α,β-unsaturated/α-hetero) is 1. The molecule has 0 saturated carbocycles. The maximum absolute atomic E-state index is 14.5. The maximum Gasteiger partial charge on any atom is 0.329 e. The molecule has 0 aliphatic rings. The highest BCUT2D eigenvalue weighted by molar-refractivity contribution is 7.92. The van der Waals surface area contributed by atoms with Crippen molar-refractivity contribution in [3.63, 3.8) is 0 Å². The molecular weight excluding hydrogens is 794 g/mol. The molecule has 0 saturated heterocycles. The lowest BCUT2D eigenvalue weighted by atomic mass is 10.0. The lowest BCUT2D eigenvalue weighted by Gasteiger charge is -2.11. The van der Waals surface area contributed by atoms with E-state index in [4.69, 9.17) is 33.9 Å². The molecule has 0 unspecified atom stereocenters. The first-order chi connectivity index (χ1) is 28.4. The van der Waals surface area contributed by atoms with E-state index < -0.39 is 27.9 Å². The molecule has 0 radical (unpaired) electrons. The standard InChI is InChI=1S/C41H54FN3O13S/c42-37-18-15-35(27-31(37)9-6-4-2-1-3-5-7-11-39(47)48)58-34-13-16-36(17-14-34)59(52,53)45-38-19-12-32(28-44-38)41(51)43-20-22-55-24-25-56-29-33(46)10-8-21-54-23-26-57-30-40(49)50/h12-19,27-28H,1-11,20-26,29-30H2,(H,43,51)(H,44,45)(H,47,48)(H,49,50). The predicted octanol–water partition coefficient (Wildman–Crippen LogP) is 5.79. The second-order valence-electron chi connectivity index (χ2n) is 13.4. The number of carbonyl (C=O) groups excluding carboxylic acids is 2. The van der Waals surface area contributed by atoms with E-state index in [-0.39, 0.29) is 93.5 Å². The Bertz CT molecular complexity index is 1850. The molecule has 59 heavy (non-hydrogen) atoms. The van der Waals surface area contributed by atoms with Crippen LogP contribution >= 0.6 is 0 Å². The zero-order valence-electron chi connectivity index (χ0n) is 33.0. The van der Waals surface area contributed by atoms with E-state index in [0.717, 1.165) is 38.5 Å². The molecule has 16 nitrogen and oxygen atoms in total. The van der Waals surface area contributed by atoms with Crippen LogP contribution in [0.2, 0.25) is 0 Å². The number of hydrogen-bond acceptors (Lipinski definition) is 12. The molecule has 1 aromatic heterocycles. The third-order valence-electron chi connectivity index (χ3n) is 8.50. The molecule has 1 heterocycles. The molecule has 0 fully saturated rings. The Balaban J connectivity index is 1.29. The van der Waals surface area contributed by atoms with Crippen molar-refractivity contribution < 1.29 is 65.9 Å². The molecule has 0 spiro atoms. The second-order valence-corrected chi connectivity index (χ2v) is 15.0. The van der Waals surface area contributed by atoms with E-state index >= 15 is 0 Å². The number of pyridine rings is 1. The number of ether oxygens (including phenoxy) is 5. The third kappa shape index (κ3) is 21.0. The molecule has 0 aliphatic heterocycles. The molecule has 0 bridgehead atoms. The second kappa shape index (κ2) is 27.6. The number of hydrogen-bond donors (Lipinski definition) is 4. The number of aromatic nitrogens is 1. The van der Waals surface area contributed by atoms with E-state index in [2.05, 4.69) is 15.0 Å². The lowest BCUT2D eigenvalue weighted by Crippen LogP contribution is -2.28. The SMILES string of the molecule is O=C(O)CCCCCCCCCc1cc(Oc2ccc(S(=O)(=O)Nc3ccc(C(=O)NCCOCCOCC(=O)CCCOCCOCC(=O)O)cn3)cc2)ccc1F. The minimum atomic E-state index is -4.03. The Morgan fingerprint density at radius 3 is 1.98 bits per heavy atom. The molecular formula is C41H54FN3O13S. The summed E-state index contributed by atoms with van der Waals surface area (Å²) in [5, 5.41) is 19.9. The number of carboxylic acid groups (broad SMARTS) is 2. The monoisotopic (exact) mass is 847 g/mol. The number of carbonyl (C=O) groups is 4. The first-order valence-electron chi connectivity index (χ1n) is 19.5. The topological polar surface area (TPSA) is 226 Å². The van der Waals surface area contributed by atoms with Gasteiger partial charge >= 0.3 is 11.9 Å². The van der Waals surface area contributed by atoms with Crippen LogP contribution in [0.3, 0.4) is 0 Å². The van der Waals surface area contributed by atoms with Crippen LogP contribution in [0.15, 0.2) is 65.7 Å². The number of anilines is 1. The first kappa shape index (κ1) is 48.4. The average Bonchev–Trinajstić information content (AvgIpc) is 3.20. The smallest absolute Gasteiger partial charge is 0.329 e. The quantitative estimate of drug-likeness (QED) is 0.0533. The van der Waals surface area contributed by atoms with Gasteiger partial charge in [0.2, 0.25) is 0 Å². The molecule has 3 aromatic rings. The minimum Gasteiger partial charge on any atom is -0.481 e. The zero-order chi connectivity index (χ0) is 42.7. The molecule has 0 aliphatic carbocycles. The summed E-state index contributed by atoms with van der Waals surface area (Å²) in [4.78, 5) is 49.3. The molecule has 324 valence electrons. The van der Waals surface area contributed by atoms with E-state index in [0.29, 0.717) is 42.9 Å². The fourth-order valence-corrected chi connectivity index (χ4v) is 6.47. The van der Waals surface area contributed by atoms with E-state index in [9.17, 15) is 32.0 Å². The fraction of sp³-hybridized carbons (Fsp3) is 0.488. The fourth-order valence-electron chi connectivity index (χ4n) is 5.46. The van der Waals surface area contributed by atoms with Gasteiger partial charge in [-0.25, -0.2) is 22.6 Å². The third-order valence-corrected chi connectivity index (χ3v) is 9.87. The number of carboxylic acids is 2. The van der Waals surface area contributed by atoms with Gasteiger partial charge in [-0.2, -0.15) is 0 Å². The van der Waals surface area contributed by atoms with Crippen molar-refractivity contribution in [1.29, 1.82) is 0 Å². The summed E-state index contributed by atoms with van der Waals surface area (Å²) in [7, 11) is -4.03. The summed E-state index contributed by atoms with van der Waals surface area (Å²) < 4.78 is 69.6. The van der Waals surface area contributed by atoms with Crippen LogP contribution < -0.4 is 14.8 Å². The van der Waals surface area contributed by atoms with E-state index in [1.165, 1.54) is 54.7 Å². The van der Waals surface area contributed by atoms with Crippen molar-refractivity contribution in [3.05, 3.63) is 77.7 Å². The highest BCUT2D eigenvalue weighted by Crippen LogP contribution is 2.26. The Morgan fingerprint density at radius 2 is 1.31 bits per heavy atom. The van der Waals surface area contributed by atoms with Gasteiger partial charge in [-0.05, 0) is 85.8 Å². The van der Waals surface area contributed by atoms with Crippen LogP contribution in [-0.2, 0) is 49.8 Å². The van der Waals surface area contributed by atoms with E-state index in [1.54, 1.807) is 6.07 Å². The van der Waals surface area contributed by atoms with Crippen LogP contribution in [-0.4, -0.2) is 107 Å². The summed E-state index contributed by atoms with van der Waals surface area (Å²) in [6, 6.07) is 13.0. The Morgan fingerprint density at radius 1 is 0.661 bits per heavy atom. The summed E-state index contributed by atoms with van der Waals surface area (Å²) >= 11 is 0. The Kier molecular flexibility index (Phi) is 22.7. The van der Waals surface area contributed by atoms with Crippen molar-refractivity contribution in [1.82, 2.24) is 10.3 Å². The number of aliphatic carboxylic acids is 2. The summed E-state index contributed by atoms with van der Waals surface area (Å²) in [6.45, 7) is 1.10. The number of nitrogens with zero attached hydrogens (tertiary/aromatic N) is 1. The number of nitrogens with one attached hydrogen (secondary N) is 2. The van der Waals surface area contributed by atoms with E-state index in [1.807, 2.05) is 0 Å². The van der Waals surface area contributed by atoms with Crippen LogP contribution in [0.25, 0.3) is 0 Å². The van der Waals surface area contributed by atoms with Gasteiger partial charge in [-0.1, -0.05) is 32.1 Å². The number of sulfonamides is 1. The van der Waals surface area contributed by atoms with Crippen LogP contribution in [0.5, 0.6) is 11.5 Å². The van der Waals surface area contributed by atoms with Crippen molar-refractivity contribution in [2.75, 3.05) is 64.1 Å². The molecule has 2 aromatic carbocycles. The molecule has 3 rings (SSSR count). The van der Waals surface area contributed by atoms with Crippen LogP contribution in [0.1, 0.15) is 80.1 Å². The summed E-state index contributed by atoms with van der Waals surface area (Å²) in [5.41, 5.74) is 0.735. The highest BCUT2D eigenvalue weighted by Gasteiger charge is 2.16. The number of unbranched alkanes of at least 4 members (excludes halogenated alkanes) is 6. The minimum absolute atomic E-state index is 0.00618. The molecule has 4 N–H and O–H groups in total. The number of halogens is 1. The van der Waals surface area contributed by atoms with Gasteiger partial charge in [0, 0.05) is 32.2 Å². The first-order valence-corrected chi connectivity index (χ1v) is 21.0. The number of ketones is 1. The molecule has 18 heteroatoms. The molecule has 1 amide bonds. The van der Waals surface area contributed by atoms with Crippen molar-refractivity contribution in [3.8, 4) is 11.5 Å². The van der Waals surface area contributed by atoms with Crippen molar-refractivity contribution in [2.24, 2.45) is 0 Å². The maximum atomic E-state index is 14.5. The van der Waals surface area contributed by atoms with Crippen LogP contribution in [0.4, 0.5) is 10.2 Å². The van der Waals surface area contributed by atoms with Gasteiger partial charge in [-0.15, -0.1) is 0 Å². The van der Waals surface area contributed by atoms with Crippen molar-refractivity contribution >= 4 is 39.5 Å². The van der Waals surface area contributed by atoms with Crippen molar-refractivity contribution in [2.45, 2.75) is 75.5 Å². The normalized spacial score (nSPS) is 11.3. The largest absolute Gasteiger partial charge is 0.481 e. The molecule has 0 atom stereocenters.